The van der Waals surface area contributed by atoms with Gasteiger partial charge in [0.1, 0.15) is 17.0 Å². The number of pyridine rings is 1. The van der Waals surface area contributed by atoms with E-state index in [-0.39, 0.29) is 0 Å². The molecule has 0 aliphatic carbocycles. The zero-order valence-corrected chi connectivity index (χ0v) is 12.5. The summed E-state index contributed by atoms with van der Waals surface area (Å²) in [5.41, 5.74) is 0.906. The Kier molecular flexibility index (Phi) is 2.72. The Morgan fingerprint density at radius 1 is 0.952 bits per heavy atom. The largest absolute Gasteiger partial charge is 0.497 e. The molecule has 4 rings (SSSR count). The first-order valence-electron chi connectivity index (χ1n) is 6.64. The maximum Gasteiger partial charge on any atom is 0.145 e. The smallest absolute Gasteiger partial charge is 0.145 e. The summed E-state index contributed by atoms with van der Waals surface area (Å²) in [6.45, 7) is 0. The highest BCUT2D eigenvalue weighted by Crippen LogP contribution is 2.40. The number of benzene rings is 2. The monoisotopic (exact) mass is 295 g/mol. The Balaban J connectivity index is 2.19. The van der Waals surface area contributed by atoms with E-state index in [9.17, 15) is 0 Å². The Hall–Kier alpha value is -2.33. The molecule has 0 saturated heterocycles. The quantitative estimate of drug-likeness (QED) is 0.540. The number of fused-ring (bicyclic) bond motifs is 5. The van der Waals surface area contributed by atoms with E-state index < -0.39 is 0 Å². The average molecular weight is 295 g/mol. The van der Waals surface area contributed by atoms with E-state index in [1.165, 1.54) is 20.2 Å². The van der Waals surface area contributed by atoms with Crippen LogP contribution in [0, 0.1) is 0 Å². The van der Waals surface area contributed by atoms with E-state index in [4.69, 9.17) is 9.47 Å². The standard InChI is InChI=1S/C17H13NO2S/c1-19-10-6-7-11-14(8-10)21-15-9-18-17-12(16(11)15)4-3-5-13(17)20-2/h3-9H,1-2H3. The number of nitrogens with zero attached hydrogens (tertiary/aromatic N) is 1. The lowest BCUT2D eigenvalue weighted by atomic mass is 10.1. The molecular weight excluding hydrogens is 282 g/mol. The number of thiophene rings is 1. The van der Waals surface area contributed by atoms with Crippen molar-refractivity contribution in [1.29, 1.82) is 0 Å². The van der Waals surface area contributed by atoms with Crippen molar-refractivity contribution in [2.45, 2.75) is 0 Å². The van der Waals surface area contributed by atoms with Gasteiger partial charge in [0.25, 0.3) is 0 Å². The van der Waals surface area contributed by atoms with Crippen molar-refractivity contribution in [1.82, 2.24) is 4.98 Å². The summed E-state index contributed by atoms with van der Waals surface area (Å²) < 4.78 is 13.1. The number of hydrogen-bond donors (Lipinski definition) is 0. The summed E-state index contributed by atoms with van der Waals surface area (Å²) >= 11 is 1.74. The van der Waals surface area contributed by atoms with Gasteiger partial charge in [-0.15, -0.1) is 11.3 Å². The number of hydrogen-bond acceptors (Lipinski definition) is 4. The molecule has 3 nitrogen and oxygen atoms in total. The van der Waals surface area contributed by atoms with Gasteiger partial charge in [-0.1, -0.05) is 12.1 Å². The van der Waals surface area contributed by atoms with E-state index in [0.717, 1.165) is 22.4 Å². The predicted molar refractivity (Wildman–Crippen MR) is 87.7 cm³/mol. The van der Waals surface area contributed by atoms with Gasteiger partial charge < -0.3 is 9.47 Å². The molecule has 0 aliphatic rings. The van der Waals surface area contributed by atoms with E-state index in [1.807, 2.05) is 24.4 Å². The van der Waals surface area contributed by atoms with Crippen molar-refractivity contribution in [3.8, 4) is 11.5 Å². The number of methoxy groups -OCH3 is 2. The summed E-state index contributed by atoms with van der Waals surface area (Å²) in [5.74, 6) is 1.69. The molecule has 0 radical (unpaired) electrons. The summed E-state index contributed by atoms with van der Waals surface area (Å²) in [6.07, 6.45) is 1.93. The number of aromatic nitrogens is 1. The van der Waals surface area contributed by atoms with Gasteiger partial charge in [-0.05, 0) is 24.3 Å². The third-order valence-corrected chi connectivity index (χ3v) is 4.81. The molecule has 0 bridgehead atoms. The van der Waals surface area contributed by atoms with Crippen LogP contribution in [0.5, 0.6) is 11.5 Å². The second kappa shape index (κ2) is 4.60. The van der Waals surface area contributed by atoms with Crippen molar-refractivity contribution in [2.75, 3.05) is 14.2 Å². The van der Waals surface area contributed by atoms with Gasteiger partial charge in [0.2, 0.25) is 0 Å². The Bertz CT molecular complexity index is 975. The molecule has 0 amide bonds. The Labute approximate surface area is 125 Å². The number of para-hydroxylation sites is 1. The molecule has 4 aromatic rings. The summed E-state index contributed by atoms with van der Waals surface area (Å²) in [6, 6.07) is 12.2. The van der Waals surface area contributed by atoms with Crippen LogP contribution in [-0.4, -0.2) is 19.2 Å². The zero-order valence-electron chi connectivity index (χ0n) is 11.7. The molecule has 0 fully saturated rings. The maximum atomic E-state index is 5.42. The van der Waals surface area contributed by atoms with Crippen LogP contribution in [0.3, 0.4) is 0 Å². The minimum Gasteiger partial charge on any atom is -0.497 e. The first-order valence-corrected chi connectivity index (χ1v) is 7.45. The van der Waals surface area contributed by atoms with Gasteiger partial charge in [0.15, 0.2) is 0 Å². The fourth-order valence-corrected chi connectivity index (χ4v) is 3.86. The van der Waals surface area contributed by atoms with Crippen LogP contribution >= 0.6 is 11.3 Å². The van der Waals surface area contributed by atoms with Crippen LogP contribution < -0.4 is 9.47 Å². The highest BCUT2D eigenvalue weighted by Gasteiger charge is 2.12. The minimum absolute atomic E-state index is 0.808. The van der Waals surface area contributed by atoms with Crippen molar-refractivity contribution in [2.24, 2.45) is 0 Å². The van der Waals surface area contributed by atoms with Gasteiger partial charge in [0, 0.05) is 27.1 Å². The Morgan fingerprint density at radius 2 is 1.86 bits per heavy atom. The molecule has 2 heterocycles. The molecule has 0 aliphatic heterocycles. The first kappa shape index (κ1) is 12.4. The normalized spacial score (nSPS) is 11.3. The van der Waals surface area contributed by atoms with Crippen molar-refractivity contribution < 1.29 is 9.47 Å². The highest BCUT2D eigenvalue weighted by molar-refractivity contribution is 7.26. The van der Waals surface area contributed by atoms with Crippen LogP contribution in [0.25, 0.3) is 31.1 Å². The third-order valence-electron chi connectivity index (χ3n) is 3.72. The van der Waals surface area contributed by atoms with Crippen molar-refractivity contribution >= 4 is 42.4 Å². The second-order valence-corrected chi connectivity index (χ2v) is 5.90. The van der Waals surface area contributed by atoms with E-state index in [0.29, 0.717) is 0 Å². The van der Waals surface area contributed by atoms with E-state index in [1.54, 1.807) is 25.6 Å². The predicted octanol–water partition coefficient (Wildman–Crippen LogP) is 4.62. The molecule has 0 unspecified atom stereocenters. The van der Waals surface area contributed by atoms with Gasteiger partial charge >= 0.3 is 0 Å². The molecule has 0 N–H and O–H groups in total. The highest BCUT2D eigenvalue weighted by atomic mass is 32.1. The molecule has 21 heavy (non-hydrogen) atoms. The molecule has 0 spiro atoms. The fourth-order valence-electron chi connectivity index (χ4n) is 2.74. The number of rotatable bonds is 2. The first-order chi connectivity index (χ1) is 10.3. The number of ether oxygens (including phenoxy) is 2. The Morgan fingerprint density at radius 3 is 2.67 bits per heavy atom. The van der Waals surface area contributed by atoms with Crippen LogP contribution in [0.15, 0.2) is 42.6 Å². The molecule has 2 aromatic heterocycles. The van der Waals surface area contributed by atoms with Gasteiger partial charge in [0.05, 0.1) is 18.9 Å². The lowest BCUT2D eigenvalue weighted by molar-refractivity contribution is 0.415. The van der Waals surface area contributed by atoms with Crippen molar-refractivity contribution in [3.63, 3.8) is 0 Å². The topological polar surface area (TPSA) is 31.4 Å². The second-order valence-electron chi connectivity index (χ2n) is 4.82. The lowest BCUT2D eigenvalue weighted by Crippen LogP contribution is -1.87. The van der Waals surface area contributed by atoms with E-state index >= 15 is 0 Å². The summed E-state index contributed by atoms with van der Waals surface area (Å²) in [7, 11) is 3.37. The van der Waals surface area contributed by atoms with Crippen molar-refractivity contribution in [3.05, 3.63) is 42.6 Å². The third kappa shape index (κ3) is 1.76. The van der Waals surface area contributed by atoms with Crippen LogP contribution in [0.4, 0.5) is 0 Å². The summed E-state index contributed by atoms with van der Waals surface area (Å²) in [4.78, 5) is 4.57. The van der Waals surface area contributed by atoms with E-state index in [2.05, 4.69) is 23.2 Å². The minimum atomic E-state index is 0.808. The molecule has 104 valence electrons. The summed E-state index contributed by atoms with van der Waals surface area (Å²) in [5, 5.41) is 3.60. The van der Waals surface area contributed by atoms with Crippen LogP contribution in [0.1, 0.15) is 0 Å². The van der Waals surface area contributed by atoms with Gasteiger partial charge in [-0.25, -0.2) is 0 Å². The zero-order chi connectivity index (χ0) is 14.4. The van der Waals surface area contributed by atoms with Gasteiger partial charge in [-0.2, -0.15) is 0 Å². The lowest BCUT2D eigenvalue weighted by Gasteiger charge is -2.05. The molecule has 0 saturated carbocycles. The van der Waals surface area contributed by atoms with Gasteiger partial charge in [-0.3, -0.25) is 4.98 Å². The maximum absolute atomic E-state index is 5.42. The molecule has 2 aromatic carbocycles. The average Bonchev–Trinajstić information content (AvgIpc) is 2.91. The van der Waals surface area contributed by atoms with Crippen LogP contribution in [-0.2, 0) is 0 Å². The fraction of sp³-hybridized carbons (Fsp3) is 0.118. The SMILES string of the molecule is COc1ccc2c(c1)sc1cnc3c(OC)cccc3c12. The molecule has 4 heteroatoms. The van der Waals surface area contributed by atoms with Crippen LogP contribution in [0.2, 0.25) is 0 Å². The molecule has 0 atom stereocenters. The molecular formula is C17H13NO2S.